The number of aromatic nitrogens is 3. The van der Waals surface area contributed by atoms with E-state index in [-0.39, 0.29) is 16.9 Å². The second kappa shape index (κ2) is 6.40. The summed E-state index contributed by atoms with van der Waals surface area (Å²) in [4.78, 5) is 43.3. The number of anilines is 1. The van der Waals surface area contributed by atoms with Crippen LogP contribution in [-0.2, 0) is 0 Å². The highest BCUT2D eigenvalue weighted by atomic mass is 16.6. The second-order valence-electron chi connectivity index (χ2n) is 5.31. The molecular formula is C16H13N5O4. The molecule has 0 saturated carbocycles. The number of pyridine rings is 1. The Bertz CT molecular complexity index is 1020. The van der Waals surface area contributed by atoms with E-state index in [0.717, 1.165) is 0 Å². The Kier molecular flexibility index (Phi) is 4.12. The van der Waals surface area contributed by atoms with Gasteiger partial charge in [0, 0.05) is 29.5 Å². The molecule has 3 rings (SSSR count). The normalized spacial score (nSPS) is 10.4. The van der Waals surface area contributed by atoms with Crippen LogP contribution in [0.2, 0.25) is 0 Å². The minimum Gasteiger partial charge on any atom is -0.334 e. The van der Waals surface area contributed by atoms with Gasteiger partial charge in [0.1, 0.15) is 11.5 Å². The molecule has 2 heterocycles. The number of hydrogen-bond donors (Lipinski definition) is 3. The molecule has 9 heteroatoms. The molecule has 0 atom stereocenters. The summed E-state index contributed by atoms with van der Waals surface area (Å²) in [6, 6.07) is 7.48. The van der Waals surface area contributed by atoms with Gasteiger partial charge in [0.25, 0.3) is 17.2 Å². The summed E-state index contributed by atoms with van der Waals surface area (Å²) in [7, 11) is 0. The van der Waals surface area contributed by atoms with E-state index in [4.69, 9.17) is 0 Å². The number of rotatable bonds is 4. The Balaban J connectivity index is 1.82. The summed E-state index contributed by atoms with van der Waals surface area (Å²) in [5.41, 5.74) is 1.29. The highest BCUT2D eigenvalue weighted by Crippen LogP contribution is 2.21. The van der Waals surface area contributed by atoms with Crippen LogP contribution >= 0.6 is 0 Å². The average Bonchev–Trinajstić information content (AvgIpc) is 3.08. The number of nitrogens with one attached hydrogen (secondary N) is 3. The van der Waals surface area contributed by atoms with Crippen molar-refractivity contribution in [2.75, 3.05) is 5.32 Å². The zero-order valence-corrected chi connectivity index (χ0v) is 13.1. The van der Waals surface area contributed by atoms with Crippen LogP contribution in [0, 0.1) is 17.0 Å². The Morgan fingerprint density at radius 1 is 1.32 bits per heavy atom. The third kappa shape index (κ3) is 3.44. The van der Waals surface area contributed by atoms with Gasteiger partial charge in [-0.15, -0.1) is 0 Å². The fourth-order valence-corrected chi connectivity index (χ4v) is 2.22. The summed E-state index contributed by atoms with van der Waals surface area (Å²) in [6.07, 6.45) is 2.73. The summed E-state index contributed by atoms with van der Waals surface area (Å²) in [5.74, 6) is -0.109. The highest BCUT2D eigenvalue weighted by molar-refractivity contribution is 6.03. The van der Waals surface area contributed by atoms with Gasteiger partial charge in [-0.3, -0.25) is 19.7 Å². The van der Waals surface area contributed by atoms with E-state index in [2.05, 4.69) is 20.3 Å². The fourth-order valence-electron chi connectivity index (χ4n) is 2.22. The number of nitro benzene ring substituents is 1. The lowest BCUT2D eigenvalue weighted by Gasteiger charge is -2.03. The first-order chi connectivity index (χ1) is 11.9. The van der Waals surface area contributed by atoms with Crippen LogP contribution < -0.4 is 10.9 Å². The Hall–Kier alpha value is -3.75. The third-order valence-electron chi connectivity index (χ3n) is 3.50. The second-order valence-corrected chi connectivity index (χ2v) is 5.31. The van der Waals surface area contributed by atoms with Gasteiger partial charge in [-0.2, -0.15) is 0 Å². The minimum atomic E-state index is -0.501. The number of aromatic amines is 2. The van der Waals surface area contributed by atoms with Crippen molar-refractivity contribution in [3.8, 4) is 11.4 Å². The summed E-state index contributed by atoms with van der Waals surface area (Å²) < 4.78 is 0. The van der Waals surface area contributed by atoms with Gasteiger partial charge >= 0.3 is 0 Å². The lowest BCUT2D eigenvalue weighted by molar-refractivity contribution is -0.384. The molecule has 1 amide bonds. The number of nitro groups is 1. The molecule has 3 aromatic rings. The standard InChI is InChI=1S/C16H13N5O4/c1-9-5-11(7-18-15(9)22)19-16(23)13-8-17-14(20-13)10-3-2-4-12(6-10)21(24)25/h2-8H,1H3,(H,17,20)(H,18,22)(H,19,23). The predicted molar refractivity (Wildman–Crippen MR) is 90.4 cm³/mol. The van der Waals surface area contributed by atoms with E-state index >= 15 is 0 Å². The molecule has 0 unspecified atom stereocenters. The quantitative estimate of drug-likeness (QED) is 0.495. The molecule has 9 nitrogen and oxygen atoms in total. The SMILES string of the molecule is Cc1cc(NC(=O)c2cnc(-c3cccc([N+](=O)[O-])c3)[nH]2)c[nH]c1=O. The zero-order chi connectivity index (χ0) is 18.0. The zero-order valence-electron chi connectivity index (χ0n) is 13.1. The first-order valence-corrected chi connectivity index (χ1v) is 7.24. The maximum atomic E-state index is 12.2. The van der Waals surface area contributed by atoms with Gasteiger partial charge < -0.3 is 15.3 Å². The van der Waals surface area contributed by atoms with Crippen molar-refractivity contribution in [3.63, 3.8) is 0 Å². The number of aryl methyl sites for hydroxylation is 1. The van der Waals surface area contributed by atoms with E-state index in [1.807, 2.05) is 0 Å². The maximum Gasteiger partial charge on any atom is 0.273 e. The maximum absolute atomic E-state index is 12.2. The number of imidazole rings is 1. The molecule has 0 bridgehead atoms. The van der Waals surface area contributed by atoms with E-state index in [9.17, 15) is 19.7 Å². The molecule has 0 radical (unpaired) electrons. The molecule has 1 aromatic carbocycles. The van der Waals surface area contributed by atoms with Gasteiger partial charge in [0.15, 0.2) is 0 Å². The lowest BCUT2D eigenvalue weighted by Crippen LogP contribution is -2.15. The van der Waals surface area contributed by atoms with E-state index < -0.39 is 10.8 Å². The Labute approximate surface area is 140 Å². The van der Waals surface area contributed by atoms with Crippen molar-refractivity contribution in [2.24, 2.45) is 0 Å². The van der Waals surface area contributed by atoms with E-state index in [0.29, 0.717) is 22.6 Å². The number of benzene rings is 1. The Morgan fingerprint density at radius 3 is 2.84 bits per heavy atom. The molecule has 0 fully saturated rings. The molecule has 2 aromatic heterocycles. The van der Waals surface area contributed by atoms with Crippen LogP contribution in [-0.4, -0.2) is 25.8 Å². The molecule has 0 aliphatic rings. The summed E-state index contributed by atoms with van der Waals surface area (Å²) in [6.45, 7) is 1.63. The number of H-pyrrole nitrogens is 2. The number of carbonyl (C=O) groups is 1. The number of hydrogen-bond acceptors (Lipinski definition) is 5. The molecule has 25 heavy (non-hydrogen) atoms. The summed E-state index contributed by atoms with van der Waals surface area (Å²) in [5, 5.41) is 13.5. The van der Waals surface area contributed by atoms with Gasteiger partial charge in [0.05, 0.1) is 16.8 Å². The average molecular weight is 339 g/mol. The summed E-state index contributed by atoms with van der Waals surface area (Å²) >= 11 is 0. The topological polar surface area (TPSA) is 134 Å². The first kappa shape index (κ1) is 16.1. The number of carbonyl (C=O) groups excluding carboxylic acids is 1. The van der Waals surface area contributed by atoms with Crippen LogP contribution in [0.15, 0.2) is 47.5 Å². The third-order valence-corrected chi connectivity index (χ3v) is 3.50. The van der Waals surface area contributed by atoms with Gasteiger partial charge in [-0.25, -0.2) is 4.98 Å². The smallest absolute Gasteiger partial charge is 0.273 e. The molecule has 0 aliphatic heterocycles. The number of nitrogens with zero attached hydrogens (tertiary/aromatic N) is 2. The Morgan fingerprint density at radius 2 is 2.12 bits per heavy atom. The van der Waals surface area contributed by atoms with Crippen LogP contribution in [0.4, 0.5) is 11.4 Å². The largest absolute Gasteiger partial charge is 0.334 e. The minimum absolute atomic E-state index is 0.0661. The molecule has 0 saturated heterocycles. The molecule has 0 spiro atoms. The lowest BCUT2D eigenvalue weighted by atomic mass is 10.2. The monoisotopic (exact) mass is 339 g/mol. The van der Waals surface area contributed by atoms with Crippen LogP contribution in [0.1, 0.15) is 16.1 Å². The predicted octanol–water partition coefficient (Wildman–Crippen LogP) is 2.23. The first-order valence-electron chi connectivity index (χ1n) is 7.24. The van der Waals surface area contributed by atoms with Crippen molar-refractivity contribution in [1.29, 1.82) is 0 Å². The van der Waals surface area contributed by atoms with Crippen LogP contribution in [0.3, 0.4) is 0 Å². The van der Waals surface area contributed by atoms with Crippen molar-refractivity contribution in [3.05, 3.63) is 74.5 Å². The van der Waals surface area contributed by atoms with Crippen molar-refractivity contribution in [2.45, 2.75) is 6.92 Å². The number of amides is 1. The van der Waals surface area contributed by atoms with Crippen molar-refractivity contribution < 1.29 is 9.72 Å². The molecule has 0 aliphatic carbocycles. The molecule has 126 valence electrons. The van der Waals surface area contributed by atoms with Crippen molar-refractivity contribution >= 4 is 17.3 Å². The van der Waals surface area contributed by atoms with E-state index in [1.165, 1.54) is 24.5 Å². The van der Waals surface area contributed by atoms with Gasteiger partial charge in [-0.1, -0.05) is 12.1 Å². The van der Waals surface area contributed by atoms with Crippen molar-refractivity contribution in [1.82, 2.24) is 15.0 Å². The van der Waals surface area contributed by atoms with Gasteiger partial charge in [0.2, 0.25) is 0 Å². The van der Waals surface area contributed by atoms with Crippen LogP contribution in [0.5, 0.6) is 0 Å². The molecular weight excluding hydrogens is 326 g/mol. The number of non-ortho nitro benzene ring substituents is 1. The fraction of sp³-hybridized carbons (Fsp3) is 0.0625. The van der Waals surface area contributed by atoms with E-state index in [1.54, 1.807) is 25.1 Å². The van der Waals surface area contributed by atoms with Crippen LogP contribution in [0.25, 0.3) is 11.4 Å². The highest BCUT2D eigenvalue weighted by Gasteiger charge is 2.13. The molecule has 3 N–H and O–H groups in total. The van der Waals surface area contributed by atoms with Gasteiger partial charge in [-0.05, 0) is 13.0 Å².